The standard InChI is InChI=1S/C15H18Cl2N2O/c1-11(2)9-19(7-3-6-18)10-15(20)13-5-4-12(16)8-14(13)17/h4-5,8,11H,3,7,9-10H2,1-2H3. The summed E-state index contributed by atoms with van der Waals surface area (Å²) in [5.41, 5.74) is 0.474. The first-order valence-electron chi connectivity index (χ1n) is 6.51. The highest BCUT2D eigenvalue weighted by atomic mass is 35.5. The normalized spacial score (nSPS) is 10.8. The number of benzene rings is 1. The summed E-state index contributed by atoms with van der Waals surface area (Å²) >= 11 is 11.9. The summed E-state index contributed by atoms with van der Waals surface area (Å²) in [6.07, 6.45) is 0.411. The molecule has 108 valence electrons. The van der Waals surface area contributed by atoms with Crippen LogP contribution in [0.5, 0.6) is 0 Å². The number of hydrogen-bond donors (Lipinski definition) is 0. The molecule has 0 amide bonds. The topological polar surface area (TPSA) is 44.1 Å². The Morgan fingerprint density at radius 3 is 2.65 bits per heavy atom. The van der Waals surface area contributed by atoms with Gasteiger partial charge in [0, 0.05) is 30.1 Å². The van der Waals surface area contributed by atoms with Crippen molar-refractivity contribution in [2.24, 2.45) is 5.92 Å². The molecule has 0 aromatic heterocycles. The maximum atomic E-state index is 12.3. The van der Waals surface area contributed by atoms with Gasteiger partial charge in [0.1, 0.15) is 0 Å². The first-order chi connectivity index (χ1) is 9.43. The fourth-order valence-electron chi connectivity index (χ4n) is 1.96. The Morgan fingerprint density at radius 2 is 2.10 bits per heavy atom. The van der Waals surface area contributed by atoms with E-state index < -0.39 is 0 Å². The van der Waals surface area contributed by atoms with Gasteiger partial charge in [-0.15, -0.1) is 0 Å². The molecule has 0 aliphatic carbocycles. The minimum Gasteiger partial charge on any atom is -0.295 e. The SMILES string of the molecule is CC(C)CN(CCC#N)CC(=O)c1ccc(Cl)cc1Cl. The lowest BCUT2D eigenvalue weighted by Gasteiger charge is -2.22. The molecule has 0 aliphatic rings. The second kappa shape index (κ2) is 8.26. The summed E-state index contributed by atoms with van der Waals surface area (Å²) in [6, 6.07) is 6.97. The molecule has 0 fully saturated rings. The molecule has 0 heterocycles. The highest BCUT2D eigenvalue weighted by Gasteiger charge is 2.16. The average molecular weight is 313 g/mol. The predicted molar refractivity (Wildman–Crippen MR) is 82.3 cm³/mol. The van der Waals surface area contributed by atoms with Crippen molar-refractivity contribution in [2.45, 2.75) is 20.3 Å². The third-order valence-electron chi connectivity index (χ3n) is 2.76. The fraction of sp³-hybridized carbons (Fsp3) is 0.467. The largest absolute Gasteiger partial charge is 0.295 e. The highest BCUT2D eigenvalue weighted by molar-refractivity contribution is 6.36. The second-order valence-corrected chi connectivity index (χ2v) is 5.93. The van der Waals surface area contributed by atoms with E-state index in [4.69, 9.17) is 28.5 Å². The van der Waals surface area contributed by atoms with Gasteiger partial charge in [-0.1, -0.05) is 37.0 Å². The summed E-state index contributed by atoms with van der Waals surface area (Å²) in [5, 5.41) is 9.55. The number of Topliss-reactive ketones (excluding diaryl/α,β-unsaturated/α-hetero) is 1. The predicted octanol–water partition coefficient (Wildman–Crippen LogP) is 4.05. The zero-order valence-corrected chi connectivity index (χ0v) is 13.2. The molecule has 0 saturated heterocycles. The summed E-state index contributed by atoms with van der Waals surface area (Å²) in [4.78, 5) is 14.3. The van der Waals surface area contributed by atoms with Crippen molar-refractivity contribution in [3.63, 3.8) is 0 Å². The zero-order valence-electron chi connectivity index (χ0n) is 11.7. The average Bonchev–Trinajstić information content (AvgIpc) is 2.35. The molecule has 3 nitrogen and oxygen atoms in total. The van der Waals surface area contributed by atoms with Crippen LogP contribution in [-0.2, 0) is 0 Å². The van der Waals surface area contributed by atoms with Gasteiger partial charge >= 0.3 is 0 Å². The number of carbonyl (C=O) groups excluding carboxylic acids is 1. The maximum absolute atomic E-state index is 12.3. The second-order valence-electron chi connectivity index (χ2n) is 5.08. The number of ketones is 1. The summed E-state index contributed by atoms with van der Waals surface area (Å²) < 4.78 is 0. The number of nitriles is 1. The van der Waals surface area contributed by atoms with E-state index in [-0.39, 0.29) is 12.3 Å². The van der Waals surface area contributed by atoms with E-state index in [1.165, 1.54) is 0 Å². The van der Waals surface area contributed by atoms with E-state index in [0.717, 1.165) is 6.54 Å². The third-order valence-corrected chi connectivity index (χ3v) is 3.31. The molecule has 1 aromatic carbocycles. The van der Waals surface area contributed by atoms with Gasteiger partial charge in [0.15, 0.2) is 5.78 Å². The molecule has 0 unspecified atom stereocenters. The summed E-state index contributed by atoms with van der Waals surface area (Å²) in [7, 11) is 0. The molecule has 0 atom stereocenters. The first kappa shape index (κ1) is 17.0. The van der Waals surface area contributed by atoms with Crippen molar-refractivity contribution in [3.05, 3.63) is 33.8 Å². The number of carbonyl (C=O) groups is 1. The number of hydrogen-bond acceptors (Lipinski definition) is 3. The molecule has 0 radical (unpaired) electrons. The van der Waals surface area contributed by atoms with Crippen LogP contribution in [0.15, 0.2) is 18.2 Å². The molecule has 20 heavy (non-hydrogen) atoms. The van der Waals surface area contributed by atoms with Crippen molar-refractivity contribution in [1.29, 1.82) is 5.26 Å². The van der Waals surface area contributed by atoms with Gasteiger partial charge in [0.25, 0.3) is 0 Å². The van der Waals surface area contributed by atoms with E-state index in [2.05, 4.69) is 19.9 Å². The van der Waals surface area contributed by atoms with Crippen LogP contribution in [0.2, 0.25) is 10.0 Å². The van der Waals surface area contributed by atoms with Crippen LogP contribution in [0.3, 0.4) is 0 Å². The van der Waals surface area contributed by atoms with Crippen LogP contribution in [0.1, 0.15) is 30.6 Å². The third kappa shape index (κ3) is 5.50. The Bertz CT molecular complexity index is 509. The molecule has 0 bridgehead atoms. The smallest absolute Gasteiger partial charge is 0.178 e. The van der Waals surface area contributed by atoms with Crippen molar-refractivity contribution in [3.8, 4) is 6.07 Å². The van der Waals surface area contributed by atoms with Gasteiger partial charge in [0.05, 0.1) is 17.6 Å². The minimum atomic E-state index is -0.0507. The van der Waals surface area contributed by atoms with E-state index in [1.54, 1.807) is 18.2 Å². The van der Waals surface area contributed by atoms with Crippen LogP contribution >= 0.6 is 23.2 Å². The van der Waals surface area contributed by atoms with Crippen LogP contribution in [0, 0.1) is 17.2 Å². The monoisotopic (exact) mass is 312 g/mol. The quantitative estimate of drug-likeness (QED) is 0.713. The fourth-order valence-corrected chi connectivity index (χ4v) is 2.48. The van der Waals surface area contributed by atoms with E-state index in [0.29, 0.717) is 34.5 Å². The van der Waals surface area contributed by atoms with E-state index >= 15 is 0 Å². The molecule has 0 saturated carbocycles. The number of halogens is 2. The lowest BCUT2D eigenvalue weighted by Crippen LogP contribution is -2.34. The molecular weight excluding hydrogens is 295 g/mol. The summed E-state index contributed by atoms with van der Waals surface area (Å²) in [5.74, 6) is 0.382. The van der Waals surface area contributed by atoms with Crippen LogP contribution < -0.4 is 0 Å². The highest BCUT2D eigenvalue weighted by Crippen LogP contribution is 2.21. The number of rotatable bonds is 7. The molecule has 0 aliphatic heterocycles. The Labute approximate surface area is 130 Å². The molecule has 0 spiro atoms. The van der Waals surface area contributed by atoms with E-state index in [9.17, 15) is 4.79 Å². The van der Waals surface area contributed by atoms with Gasteiger partial charge in [-0.05, 0) is 24.1 Å². The Balaban J connectivity index is 2.76. The van der Waals surface area contributed by atoms with Gasteiger partial charge in [-0.3, -0.25) is 9.69 Å². The van der Waals surface area contributed by atoms with Gasteiger partial charge in [0.2, 0.25) is 0 Å². The Kier molecular flexibility index (Phi) is 7.01. The van der Waals surface area contributed by atoms with Crippen molar-refractivity contribution in [2.75, 3.05) is 19.6 Å². The van der Waals surface area contributed by atoms with Crippen LogP contribution in [0.4, 0.5) is 0 Å². The zero-order chi connectivity index (χ0) is 15.1. The Morgan fingerprint density at radius 1 is 1.40 bits per heavy atom. The van der Waals surface area contributed by atoms with Crippen LogP contribution in [-0.4, -0.2) is 30.3 Å². The van der Waals surface area contributed by atoms with Gasteiger partial charge in [-0.25, -0.2) is 0 Å². The van der Waals surface area contributed by atoms with Gasteiger partial charge < -0.3 is 0 Å². The van der Waals surface area contributed by atoms with Crippen molar-refractivity contribution >= 4 is 29.0 Å². The van der Waals surface area contributed by atoms with Crippen LogP contribution in [0.25, 0.3) is 0 Å². The van der Waals surface area contributed by atoms with E-state index in [1.807, 2.05) is 4.90 Å². The lowest BCUT2D eigenvalue weighted by atomic mass is 10.1. The number of nitrogens with zero attached hydrogens (tertiary/aromatic N) is 2. The van der Waals surface area contributed by atoms with Crippen molar-refractivity contribution in [1.82, 2.24) is 4.90 Å². The van der Waals surface area contributed by atoms with Gasteiger partial charge in [-0.2, -0.15) is 5.26 Å². The molecular formula is C15H18Cl2N2O. The molecule has 1 rings (SSSR count). The molecule has 5 heteroatoms. The molecule has 0 N–H and O–H groups in total. The van der Waals surface area contributed by atoms with Crippen molar-refractivity contribution < 1.29 is 4.79 Å². The summed E-state index contributed by atoms with van der Waals surface area (Å²) in [6.45, 7) is 5.80. The lowest BCUT2D eigenvalue weighted by molar-refractivity contribution is 0.0924. The first-order valence-corrected chi connectivity index (χ1v) is 7.27. The maximum Gasteiger partial charge on any atom is 0.178 e. The molecule has 1 aromatic rings. The Hall–Kier alpha value is -1.08. The minimum absolute atomic E-state index is 0.0507.